The molecule has 1 aromatic carbocycles. The van der Waals surface area contributed by atoms with Gasteiger partial charge in [0.1, 0.15) is 12.3 Å². The maximum atomic E-state index is 12.6. The third-order valence-electron chi connectivity index (χ3n) is 4.21. The van der Waals surface area contributed by atoms with Gasteiger partial charge in [-0.2, -0.15) is 0 Å². The zero-order valence-corrected chi connectivity index (χ0v) is 16.4. The van der Waals surface area contributed by atoms with Gasteiger partial charge in [-0.3, -0.25) is 4.79 Å². The first kappa shape index (κ1) is 20.2. The quantitative estimate of drug-likeness (QED) is 0.586. The summed E-state index contributed by atoms with van der Waals surface area (Å²) in [5, 5.41) is 2.71. The lowest BCUT2D eigenvalue weighted by molar-refractivity contribution is 0.102. The monoisotopic (exact) mass is 405 g/mol. The highest BCUT2D eigenvalue weighted by Crippen LogP contribution is 2.28. The van der Waals surface area contributed by atoms with Crippen LogP contribution in [0.3, 0.4) is 0 Å². The topological polar surface area (TPSA) is 107 Å². The number of carbonyl (C=O) groups excluding carboxylic acids is 1. The number of nitrogens with zero attached hydrogens (tertiary/aromatic N) is 1. The Balaban J connectivity index is 1.71. The van der Waals surface area contributed by atoms with E-state index in [2.05, 4.69) is 15.0 Å². The SMILES string of the molecule is COCCOc1ncccc1NC(=O)c1cccc(S(=O)(=O)NCC2CC2)c1. The van der Waals surface area contributed by atoms with E-state index in [0.29, 0.717) is 24.8 Å². The molecule has 2 aromatic rings. The first-order valence-corrected chi connectivity index (χ1v) is 10.5. The van der Waals surface area contributed by atoms with Gasteiger partial charge >= 0.3 is 0 Å². The van der Waals surface area contributed by atoms with Crippen molar-refractivity contribution >= 4 is 21.6 Å². The number of methoxy groups -OCH3 is 1. The Morgan fingerprint density at radius 1 is 1.21 bits per heavy atom. The number of pyridine rings is 1. The fourth-order valence-corrected chi connectivity index (χ4v) is 3.62. The van der Waals surface area contributed by atoms with Crippen LogP contribution in [0.5, 0.6) is 5.88 Å². The lowest BCUT2D eigenvalue weighted by Crippen LogP contribution is -2.26. The number of rotatable bonds is 10. The van der Waals surface area contributed by atoms with Crippen LogP contribution in [0.2, 0.25) is 0 Å². The molecule has 2 N–H and O–H groups in total. The van der Waals surface area contributed by atoms with Gasteiger partial charge in [0.05, 0.1) is 11.5 Å². The number of ether oxygens (including phenoxy) is 2. The Labute approximate surface area is 164 Å². The summed E-state index contributed by atoms with van der Waals surface area (Å²) in [4.78, 5) is 16.8. The van der Waals surface area contributed by atoms with Gasteiger partial charge in [0.2, 0.25) is 15.9 Å². The van der Waals surface area contributed by atoms with E-state index < -0.39 is 15.9 Å². The van der Waals surface area contributed by atoms with Crippen molar-refractivity contribution in [3.63, 3.8) is 0 Å². The number of sulfonamides is 1. The molecule has 1 fully saturated rings. The van der Waals surface area contributed by atoms with E-state index >= 15 is 0 Å². The Kier molecular flexibility index (Phi) is 6.61. The fourth-order valence-electron chi connectivity index (χ4n) is 2.45. The summed E-state index contributed by atoms with van der Waals surface area (Å²) in [6.07, 6.45) is 3.65. The lowest BCUT2D eigenvalue weighted by Gasteiger charge is -2.12. The van der Waals surface area contributed by atoms with E-state index in [-0.39, 0.29) is 22.9 Å². The summed E-state index contributed by atoms with van der Waals surface area (Å²) in [5.74, 6) is 0.231. The predicted octanol–water partition coefficient (Wildman–Crippen LogP) is 2.05. The highest BCUT2D eigenvalue weighted by atomic mass is 32.2. The maximum Gasteiger partial charge on any atom is 0.255 e. The summed E-state index contributed by atoms with van der Waals surface area (Å²) < 4.78 is 37.8. The molecule has 0 atom stereocenters. The zero-order valence-electron chi connectivity index (χ0n) is 15.6. The van der Waals surface area contributed by atoms with Crippen molar-refractivity contribution in [1.82, 2.24) is 9.71 Å². The van der Waals surface area contributed by atoms with Crippen LogP contribution in [-0.4, -0.2) is 46.2 Å². The van der Waals surface area contributed by atoms with E-state index in [1.54, 1.807) is 37.6 Å². The van der Waals surface area contributed by atoms with Crippen LogP contribution in [0.25, 0.3) is 0 Å². The van der Waals surface area contributed by atoms with Gasteiger partial charge in [-0.15, -0.1) is 0 Å². The Morgan fingerprint density at radius 2 is 2.04 bits per heavy atom. The van der Waals surface area contributed by atoms with Crippen molar-refractivity contribution < 1.29 is 22.7 Å². The normalized spacial score (nSPS) is 13.9. The molecular formula is C19H23N3O5S. The summed E-state index contributed by atoms with van der Waals surface area (Å²) in [6.45, 7) is 1.10. The van der Waals surface area contributed by atoms with Crippen molar-refractivity contribution in [1.29, 1.82) is 0 Å². The minimum absolute atomic E-state index is 0.0588. The number of carbonyl (C=O) groups is 1. The average Bonchev–Trinajstić information content (AvgIpc) is 3.53. The second kappa shape index (κ2) is 9.13. The molecule has 3 rings (SSSR count). The standard InChI is InChI=1S/C19H23N3O5S/c1-26-10-11-27-19-17(6-3-9-20-19)22-18(23)15-4-2-5-16(12-15)28(24,25)21-13-14-7-8-14/h2-6,9,12,14,21H,7-8,10-11,13H2,1H3,(H,22,23). The van der Waals surface area contributed by atoms with Crippen molar-refractivity contribution in [3.05, 3.63) is 48.2 Å². The summed E-state index contributed by atoms with van der Waals surface area (Å²) >= 11 is 0. The van der Waals surface area contributed by atoms with Crippen LogP contribution in [0, 0.1) is 5.92 Å². The molecule has 1 heterocycles. The van der Waals surface area contributed by atoms with E-state index in [0.717, 1.165) is 12.8 Å². The molecular weight excluding hydrogens is 382 g/mol. The minimum Gasteiger partial charge on any atom is -0.474 e. The van der Waals surface area contributed by atoms with Crippen LogP contribution in [0.15, 0.2) is 47.5 Å². The number of hydrogen-bond donors (Lipinski definition) is 2. The molecule has 0 saturated heterocycles. The van der Waals surface area contributed by atoms with Gasteiger partial charge < -0.3 is 14.8 Å². The maximum absolute atomic E-state index is 12.6. The summed E-state index contributed by atoms with van der Waals surface area (Å²) in [5.41, 5.74) is 0.615. The van der Waals surface area contributed by atoms with Crippen LogP contribution < -0.4 is 14.8 Å². The number of anilines is 1. The first-order chi connectivity index (χ1) is 13.5. The van der Waals surface area contributed by atoms with Crippen LogP contribution in [0.4, 0.5) is 5.69 Å². The molecule has 0 aliphatic heterocycles. The highest BCUT2D eigenvalue weighted by Gasteiger charge is 2.24. The second-order valence-electron chi connectivity index (χ2n) is 6.47. The smallest absolute Gasteiger partial charge is 0.255 e. The largest absolute Gasteiger partial charge is 0.474 e. The van der Waals surface area contributed by atoms with Crippen molar-refractivity contribution in [3.8, 4) is 5.88 Å². The Morgan fingerprint density at radius 3 is 2.79 bits per heavy atom. The van der Waals surface area contributed by atoms with Crippen LogP contribution in [0.1, 0.15) is 23.2 Å². The molecule has 1 aromatic heterocycles. The molecule has 0 bridgehead atoms. The lowest BCUT2D eigenvalue weighted by atomic mass is 10.2. The number of benzene rings is 1. The zero-order chi connectivity index (χ0) is 20.0. The van der Waals surface area contributed by atoms with Gasteiger partial charge in [-0.1, -0.05) is 6.07 Å². The van der Waals surface area contributed by atoms with E-state index in [9.17, 15) is 13.2 Å². The van der Waals surface area contributed by atoms with E-state index in [1.807, 2.05) is 0 Å². The molecule has 0 radical (unpaired) electrons. The average molecular weight is 405 g/mol. The molecule has 9 heteroatoms. The molecule has 150 valence electrons. The molecule has 1 aliphatic rings. The number of amides is 1. The van der Waals surface area contributed by atoms with E-state index in [1.165, 1.54) is 12.1 Å². The third-order valence-corrected chi connectivity index (χ3v) is 5.63. The molecule has 1 amide bonds. The number of aromatic nitrogens is 1. The summed E-state index contributed by atoms with van der Waals surface area (Å²) in [6, 6.07) is 9.24. The molecule has 0 spiro atoms. The second-order valence-corrected chi connectivity index (χ2v) is 8.24. The first-order valence-electron chi connectivity index (χ1n) is 8.97. The molecule has 0 unspecified atom stereocenters. The van der Waals surface area contributed by atoms with Crippen molar-refractivity contribution in [2.75, 3.05) is 32.2 Å². The van der Waals surface area contributed by atoms with Crippen LogP contribution >= 0.6 is 0 Å². The fraction of sp³-hybridized carbons (Fsp3) is 0.368. The molecule has 8 nitrogen and oxygen atoms in total. The number of hydrogen-bond acceptors (Lipinski definition) is 6. The van der Waals surface area contributed by atoms with E-state index in [4.69, 9.17) is 9.47 Å². The van der Waals surface area contributed by atoms with Crippen molar-refractivity contribution in [2.24, 2.45) is 5.92 Å². The number of nitrogens with one attached hydrogen (secondary N) is 2. The van der Waals surface area contributed by atoms with Crippen molar-refractivity contribution in [2.45, 2.75) is 17.7 Å². The minimum atomic E-state index is -3.65. The predicted molar refractivity (Wildman–Crippen MR) is 104 cm³/mol. The van der Waals surface area contributed by atoms with Crippen LogP contribution in [-0.2, 0) is 14.8 Å². The molecule has 1 aliphatic carbocycles. The van der Waals surface area contributed by atoms with Gasteiger partial charge in [0, 0.05) is 25.4 Å². The molecule has 28 heavy (non-hydrogen) atoms. The van der Waals surface area contributed by atoms with Gasteiger partial charge in [0.25, 0.3) is 5.91 Å². The Bertz CT molecular complexity index is 929. The van der Waals surface area contributed by atoms with Gasteiger partial charge in [-0.05, 0) is 49.1 Å². The Hall–Kier alpha value is -2.49. The summed E-state index contributed by atoms with van der Waals surface area (Å²) in [7, 11) is -2.09. The van der Waals surface area contributed by atoms with Gasteiger partial charge in [-0.25, -0.2) is 18.1 Å². The molecule has 1 saturated carbocycles. The van der Waals surface area contributed by atoms with Gasteiger partial charge in [0.15, 0.2) is 0 Å². The third kappa shape index (κ3) is 5.51. The highest BCUT2D eigenvalue weighted by molar-refractivity contribution is 7.89.